The molecule has 1 aliphatic heterocycles. The summed E-state index contributed by atoms with van der Waals surface area (Å²) in [5.41, 5.74) is 5.00. The Bertz CT molecular complexity index is 1580. The van der Waals surface area contributed by atoms with Crippen molar-refractivity contribution in [2.24, 2.45) is 15.5 Å². The number of hydrazone groups is 1. The first-order chi connectivity index (χ1) is 19.4. The fraction of sp³-hybridized carbons (Fsp3) is 0.250. The van der Waals surface area contributed by atoms with E-state index < -0.39 is 16.1 Å². The number of rotatable bonds is 8. The van der Waals surface area contributed by atoms with Crippen LogP contribution in [0, 0.1) is 12.3 Å². The molecule has 0 aromatic heterocycles. The number of para-hydroxylation sites is 1. The third kappa shape index (κ3) is 8.71. The molecule has 13 heteroatoms. The SMILES string of the molecule is Cc1cc(S(=O)(=O)NC2=NCC(C)(C)CN2)c(SC/C(=N/NC(=O)Nc2ccccc2)c2ccc(Br)cc2)cc1Cl. The number of hydrogen-bond donors (Lipinski definition) is 4. The molecule has 1 aliphatic rings. The molecule has 9 nitrogen and oxygen atoms in total. The van der Waals surface area contributed by atoms with E-state index in [9.17, 15) is 13.2 Å². The third-order valence-corrected chi connectivity index (χ3v) is 9.52. The average Bonchev–Trinajstić information content (AvgIpc) is 2.92. The maximum Gasteiger partial charge on any atom is 0.339 e. The van der Waals surface area contributed by atoms with Gasteiger partial charge in [0.05, 0.1) is 5.71 Å². The number of guanidine groups is 1. The number of nitrogens with one attached hydrogen (secondary N) is 4. The number of carbonyl (C=O) groups excluding carboxylic acids is 1. The number of thioether (sulfide) groups is 1. The number of hydrogen-bond acceptors (Lipinski definition) is 7. The molecule has 3 aromatic carbocycles. The fourth-order valence-electron chi connectivity index (χ4n) is 3.71. The van der Waals surface area contributed by atoms with Crippen LogP contribution in [0.1, 0.15) is 25.0 Å². The standard InChI is InChI=1S/C28H30BrClN6O3S2/c1-18-13-25(41(38,39)36-26-31-16-28(2,3)17-32-26)24(14-22(18)30)40-15-23(19-9-11-20(29)12-10-19)34-35-27(37)33-21-7-5-4-6-8-21/h4-14H,15-17H2,1-3H3,(H2,31,32,36)(H2,33,35,37)/b34-23-. The van der Waals surface area contributed by atoms with Gasteiger partial charge in [0, 0.05) is 44.3 Å². The number of urea groups is 1. The van der Waals surface area contributed by atoms with Crippen molar-refractivity contribution in [2.45, 2.75) is 30.6 Å². The summed E-state index contributed by atoms with van der Waals surface area (Å²) in [6.07, 6.45) is 0. The Kier molecular flexibility index (Phi) is 10.0. The normalized spacial score (nSPS) is 15.0. The Morgan fingerprint density at radius 1 is 1.15 bits per heavy atom. The molecule has 41 heavy (non-hydrogen) atoms. The lowest BCUT2D eigenvalue weighted by Crippen LogP contribution is -2.49. The number of carbonyl (C=O) groups is 1. The summed E-state index contributed by atoms with van der Waals surface area (Å²) in [5, 5.41) is 10.6. The van der Waals surface area contributed by atoms with Crippen LogP contribution in [0.25, 0.3) is 0 Å². The van der Waals surface area contributed by atoms with Gasteiger partial charge in [-0.3, -0.25) is 4.99 Å². The smallest absolute Gasteiger partial charge is 0.339 e. The maximum atomic E-state index is 13.5. The number of nitrogens with zero attached hydrogens (tertiary/aromatic N) is 2. The molecule has 0 spiro atoms. The van der Waals surface area contributed by atoms with Gasteiger partial charge in [-0.15, -0.1) is 11.8 Å². The number of sulfonamides is 1. The van der Waals surface area contributed by atoms with E-state index in [1.54, 1.807) is 31.2 Å². The second-order valence-electron chi connectivity index (χ2n) is 10.1. The zero-order valence-corrected chi connectivity index (χ0v) is 26.6. The van der Waals surface area contributed by atoms with Crippen LogP contribution in [-0.2, 0) is 10.0 Å². The summed E-state index contributed by atoms with van der Waals surface area (Å²) in [6, 6.07) is 19.1. The summed E-state index contributed by atoms with van der Waals surface area (Å²) < 4.78 is 30.5. The number of aryl methyl sites for hydroxylation is 1. The average molecular weight is 678 g/mol. The van der Waals surface area contributed by atoms with Crippen LogP contribution in [0.3, 0.4) is 0 Å². The zero-order chi connectivity index (χ0) is 29.6. The highest BCUT2D eigenvalue weighted by Gasteiger charge is 2.27. The lowest BCUT2D eigenvalue weighted by molar-refractivity contribution is 0.252. The summed E-state index contributed by atoms with van der Waals surface area (Å²) in [7, 11) is -3.99. The van der Waals surface area contributed by atoms with Crippen LogP contribution in [0.15, 0.2) is 91.1 Å². The van der Waals surface area contributed by atoms with Gasteiger partial charge in [-0.2, -0.15) is 5.10 Å². The Hall–Kier alpha value is -3.06. The topological polar surface area (TPSA) is 124 Å². The number of amides is 2. The molecule has 0 atom stereocenters. The van der Waals surface area contributed by atoms with Gasteiger partial charge in [0.1, 0.15) is 4.90 Å². The van der Waals surface area contributed by atoms with Crippen LogP contribution in [0.4, 0.5) is 10.5 Å². The number of benzene rings is 3. The first-order valence-corrected chi connectivity index (χ1v) is 16.2. The summed E-state index contributed by atoms with van der Waals surface area (Å²) >= 11 is 11.1. The Balaban J connectivity index is 1.58. The quantitative estimate of drug-likeness (QED) is 0.133. The molecule has 0 aliphatic carbocycles. The predicted octanol–water partition coefficient (Wildman–Crippen LogP) is 5.99. The second kappa shape index (κ2) is 13.3. The molecule has 3 aromatic rings. The van der Waals surface area contributed by atoms with E-state index in [2.05, 4.69) is 60.7 Å². The minimum absolute atomic E-state index is 0.0678. The van der Waals surface area contributed by atoms with Gasteiger partial charge in [0.15, 0.2) is 0 Å². The van der Waals surface area contributed by atoms with Crippen molar-refractivity contribution in [1.29, 1.82) is 0 Å². The first kappa shape index (κ1) is 30.9. The molecule has 0 saturated carbocycles. The van der Waals surface area contributed by atoms with Crippen molar-refractivity contribution < 1.29 is 13.2 Å². The lowest BCUT2D eigenvalue weighted by atomic mass is 9.93. The molecule has 0 unspecified atom stereocenters. The van der Waals surface area contributed by atoms with Crippen LogP contribution in [0.2, 0.25) is 5.02 Å². The molecular weight excluding hydrogens is 648 g/mol. The largest absolute Gasteiger partial charge is 0.355 e. The molecular formula is C28H30BrClN6O3S2. The minimum atomic E-state index is -3.99. The highest BCUT2D eigenvalue weighted by molar-refractivity contribution is 9.10. The van der Waals surface area contributed by atoms with Gasteiger partial charge >= 0.3 is 6.03 Å². The second-order valence-corrected chi connectivity index (χ2v) is 14.1. The fourth-order valence-corrected chi connectivity index (χ4v) is 6.79. The van der Waals surface area contributed by atoms with E-state index in [4.69, 9.17) is 11.6 Å². The number of halogens is 2. The molecule has 2 amide bonds. The van der Waals surface area contributed by atoms with Crippen molar-refractivity contribution in [3.63, 3.8) is 0 Å². The molecule has 216 valence electrons. The Morgan fingerprint density at radius 2 is 1.85 bits per heavy atom. The maximum absolute atomic E-state index is 13.5. The lowest BCUT2D eigenvalue weighted by Gasteiger charge is -2.29. The molecule has 4 N–H and O–H groups in total. The van der Waals surface area contributed by atoms with E-state index in [0.29, 0.717) is 40.0 Å². The minimum Gasteiger partial charge on any atom is -0.355 e. The third-order valence-electron chi connectivity index (χ3n) is 6.01. The monoisotopic (exact) mass is 676 g/mol. The van der Waals surface area contributed by atoms with E-state index >= 15 is 0 Å². The highest BCUT2D eigenvalue weighted by Crippen LogP contribution is 2.33. The number of aliphatic imine (C=N–C) groups is 1. The highest BCUT2D eigenvalue weighted by atomic mass is 79.9. The summed E-state index contributed by atoms with van der Waals surface area (Å²) in [4.78, 5) is 17.4. The van der Waals surface area contributed by atoms with Crippen molar-refractivity contribution >= 4 is 72.7 Å². The van der Waals surface area contributed by atoms with Gasteiger partial charge < -0.3 is 10.6 Å². The Labute approximate surface area is 257 Å². The first-order valence-electron chi connectivity index (χ1n) is 12.6. The van der Waals surface area contributed by atoms with Gasteiger partial charge in [0.2, 0.25) is 5.96 Å². The van der Waals surface area contributed by atoms with E-state index in [0.717, 1.165) is 10.0 Å². The summed E-state index contributed by atoms with van der Waals surface area (Å²) in [6.45, 7) is 6.94. The van der Waals surface area contributed by atoms with Crippen LogP contribution in [-0.4, -0.2) is 45.0 Å². The van der Waals surface area contributed by atoms with Crippen molar-refractivity contribution in [2.75, 3.05) is 24.2 Å². The molecule has 0 radical (unpaired) electrons. The molecule has 1 heterocycles. The van der Waals surface area contributed by atoms with Gasteiger partial charge in [0.25, 0.3) is 10.0 Å². The molecule has 0 saturated heterocycles. The van der Waals surface area contributed by atoms with Crippen LogP contribution >= 0.6 is 39.3 Å². The van der Waals surface area contributed by atoms with Crippen molar-refractivity contribution in [1.82, 2.24) is 15.5 Å². The molecule has 0 bridgehead atoms. The van der Waals surface area contributed by atoms with E-state index in [1.165, 1.54) is 11.8 Å². The van der Waals surface area contributed by atoms with Crippen molar-refractivity contribution in [3.8, 4) is 0 Å². The van der Waals surface area contributed by atoms with E-state index in [1.807, 2.05) is 42.5 Å². The Morgan fingerprint density at radius 3 is 2.51 bits per heavy atom. The summed E-state index contributed by atoms with van der Waals surface area (Å²) in [5.74, 6) is 0.446. The van der Waals surface area contributed by atoms with Crippen molar-refractivity contribution in [3.05, 3.63) is 87.4 Å². The van der Waals surface area contributed by atoms with Gasteiger partial charge in [-0.25, -0.2) is 23.4 Å². The van der Waals surface area contributed by atoms with Crippen LogP contribution in [0.5, 0.6) is 0 Å². The van der Waals surface area contributed by atoms with Crippen LogP contribution < -0.4 is 20.8 Å². The molecule has 4 rings (SSSR count). The zero-order valence-electron chi connectivity index (χ0n) is 22.7. The predicted molar refractivity (Wildman–Crippen MR) is 171 cm³/mol. The molecule has 0 fully saturated rings. The van der Waals surface area contributed by atoms with E-state index in [-0.39, 0.29) is 22.0 Å². The number of anilines is 1. The van der Waals surface area contributed by atoms with Gasteiger partial charge in [-0.1, -0.05) is 71.7 Å². The van der Waals surface area contributed by atoms with Gasteiger partial charge in [-0.05, 0) is 54.4 Å².